The number of nitrogens with zero attached hydrogens (tertiary/aromatic N) is 1. The van der Waals surface area contributed by atoms with Crippen molar-refractivity contribution in [3.8, 4) is 0 Å². The van der Waals surface area contributed by atoms with Gasteiger partial charge in [-0.15, -0.1) is 12.4 Å². The maximum atomic E-state index is 2.16. The average molecular weight is 172 g/mol. The van der Waals surface area contributed by atoms with Gasteiger partial charge in [0.05, 0.1) is 0 Å². The van der Waals surface area contributed by atoms with Gasteiger partial charge in [-0.1, -0.05) is 30.3 Å². The first-order valence-electron chi connectivity index (χ1n) is 3.47. The van der Waals surface area contributed by atoms with Crippen LogP contribution in [0.5, 0.6) is 0 Å². The Morgan fingerprint density at radius 1 is 1.09 bits per heavy atom. The van der Waals surface area contributed by atoms with E-state index >= 15 is 0 Å². The van der Waals surface area contributed by atoms with Crippen molar-refractivity contribution >= 4 is 12.4 Å². The van der Waals surface area contributed by atoms with Crippen molar-refractivity contribution in [3.63, 3.8) is 0 Å². The Morgan fingerprint density at radius 3 is 2.09 bits per heavy atom. The Hall–Kier alpha value is -0.530. The van der Waals surface area contributed by atoms with Crippen LogP contribution in [0.4, 0.5) is 0 Å². The molecule has 0 fully saturated rings. The number of benzene rings is 1. The zero-order valence-electron chi connectivity index (χ0n) is 6.95. The number of hydrogen-bond acceptors (Lipinski definition) is 1. The molecule has 0 spiro atoms. The van der Waals surface area contributed by atoms with Gasteiger partial charge < -0.3 is 4.90 Å². The molecule has 0 bridgehead atoms. The second kappa shape index (κ2) is 5.16. The molecule has 0 aromatic heterocycles. The van der Waals surface area contributed by atoms with Crippen molar-refractivity contribution in [2.75, 3.05) is 14.1 Å². The van der Waals surface area contributed by atoms with Crippen LogP contribution in [-0.2, 0) is 6.54 Å². The van der Waals surface area contributed by atoms with E-state index in [1.54, 1.807) is 0 Å². The van der Waals surface area contributed by atoms with Crippen molar-refractivity contribution in [1.82, 2.24) is 4.90 Å². The molecule has 0 aliphatic rings. The van der Waals surface area contributed by atoms with Crippen LogP contribution >= 0.6 is 12.4 Å². The van der Waals surface area contributed by atoms with Gasteiger partial charge in [0.25, 0.3) is 0 Å². The van der Waals surface area contributed by atoms with E-state index in [4.69, 9.17) is 0 Å². The number of hydrogen-bond donors (Lipinski definition) is 0. The fourth-order valence-electron chi connectivity index (χ4n) is 0.949. The van der Waals surface area contributed by atoms with E-state index in [1.807, 2.05) is 6.07 Å². The van der Waals surface area contributed by atoms with Gasteiger partial charge in [-0.25, -0.2) is 0 Å². The van der Waals surface area contributed by atoms with Gasteiger partial charge in [-0.3, -0.25) is 0 Å². The minimum atomic E-state index is 0. The predicted molar refractivity (Wildman–Crippen MR) is 51.1 cm³/mol. The molecule has 1 aromatic carbocycles. The molecule has 62 valence electrons. The normalized spacial score (nSPS) is 9.36. The SMILES string of the molecule is CN(C)Cc1ccccc1.Cl. The second-order valence-electron chi connectivity index (χ2n) is 2.72. The van der Waals surface area contributed by atoms with Gasteiger partial charge in [0, 0.05) is 6.54 Å². The monoisotopic (exact) mass is 171 g/mol. The highest BCUT2D eigenvalue weighted by Crippen LogP contribution is 1.99. The highest BCUT2D eigenvalue weighted by molar-refractivity contribution is 5.85. The van der Waals surface area contributed by atoms with Crippen LogP contribution in [0.15, 0.2) is 30.3 Å². The summed E-state index contributed by atoms with van der Waals surface area (Å²) in [7, 11) is 4.15. The van der Waals surface area contributed by atoms with Crippen LogP contribution in [0.3, 0.4) is 0 Å². The molecule has 0 saturated heterocycles. The van der Waals surface area contributed by atoms with Gasteiger partial charge in [0.2, 0.25) is 0 Å². The van der Waals surface area contributed by atoms with Crippen LogP contribution < -0.4 is 0 Å². The maximum Gasteiger partial charge on any atom is 0.0227 e. The number of halogens is 1. The molecule has 11 heavy (non-hydrogen) atoms. The van der Waals surface area contributed by atoms with E-state index in [1.165, 1.54) is 5.56 Å². The molecule has 1 nitrogen and oxygen atoms in total. The molecule has 1 aromatic rings. The van der Waals surface area contributed by atoms with Crippen LogP contribution in [0.1, 0.15) is 5.56 Å². The van der Waals surface area contributed by atoms with Gasteiger partial charge >= 0.3 is 0 Å². The maximum absolute atomic E-state index is 2.16. The van der Waals surface area contributed by atoms with E-state index in [0.717, 1.165) is 6.54 Å². The minimum absolute atomic E-state index is 0. The molecule has 0 heterocycles. The lowest BCUT2D eigenvalue weighted by Gasteiger charge is -2.08. The molecule has 0 saturated carbocycles. The fraction of sp³-hybridized carbons (Fsp3) is 0.333. The molecule has 0 aliphatic carbocycles. The summed E-state index contributed by atoms with van der Waals surface area (Å²) in [4.78, 5) is 2.16. The standard InChI is InChI=1S/C9H13N.ClH/c1-10(2)8-9-6-4-3-5-7-9;/h3-7H,8H2,1-2H3;1H. The van der Waals surface area contributed by atoms with Crippen LogP contribution in [-0.4, -0.2) is 19.0 Å². The summed E-state index contributed by atoms with van der Waals surface area (Å²) in [6, 6.07) is 10.5. The van der Waals surface area contributed by atoms with Crippen molar-refractivity contribution in [2.24, 2.45) is 0 Å². The Bertz CT molecular complexity index is 184. The molecule has 0 aliphatic heterocycles. The van der Waals surface area contributed by atoms with E-state index < -0.39 is 0 Å². The summed E-state index contributed by atoms with van der Waals surface area (Å²) < 4.78 is 0. The Balaban J connectivity index is 0.000001000. The molecule has 0 amide bonds. The second-order valence-corrected chi connectivity index (χ2v) is 2.72. The average Bonchev–Trinajstić information content (AvgIpc) is 1.88. The largest absolute Gasteiger partial charge is 0.305 e. The van der Waals surface area contributed by atoms with E-state index in [2.05, 4.69) is 43.3 Å². The number of rotatable bonds is 2. The lowest BCUT2D eigenvalue weighted by molar-refractivity contribution is 0.402. The lowest BCUT2D eigenvalue weighted by atomic mass is 10.2. The van der Waals surface area contributed by atoms with E-state index in [9.17, 15) is 0 Å². The first kappa shape index (κ1) is 10.5. The van der Waals surface area contributed by atoms with Crippen LogP contribution in [0, 0.1) is 0 Å². The summed E-state index contributed by atoms with van der Waals surface area (Å²) in [6.45, 7) is 1.03. The summed E-state index contributed by atoms with van der Waals surface area (Å²) in [6.07, 6.45) is 0. The predicted octanol–water partition coefficient (Wildman–Crippen LogP) is 2.17. The van der Waals surface area contributed by atoms with Crippen molar-refractivity contribution in [2.45, 2.75) is 6.54 Å². The topological polar surface area (TPSA) is 3.24 Å². The minimum Gasteiger partial charge on any atom is -0.305 e. The Kier molecular flexibility index (Phi) is 4.92. The van der Waals surface area contributed by atoms with E-state index in [0.29, 0.717) is 0 Å². The van der Waals surface area contributed by atoms with Gasteiger partial charge in [0.1, 0.15) is 0 Å². The molecule has 1 rings (SSSR count). The van der Waals surface area contributed by atoms with Gasteiger partial charge in [-0.05, 0) is 19.7 Å². The third kappa shape index (κ3) is 4.02. The molecule has 0 radical (unpaired) electrons. The highest BCUT2D eigenvalue weighted by atomic mass is 35.5. The molecular weight excluding hydrogens is 158 g/mol. The zero-order chi connectivity index (χ0) is 7.40. The summed E-state index contributed by atoms with van der Waals surface area (Å²) in [5.41, 5.74) is 1.37. The Labute approximate surface area is 74.4 Å². The summed E-state index contributed by atoms with van der Waals surface area (Å²) >= 11 is 0. The summed E-state index contributed by atoms with van der Waals surface area (Å²) in [5, 5.41) is 0. The lowest BCUT2D eigenvalue weighted by Crippen LogP contribution is -2.10. The smallest absolute Gasteiger partial charge is 0.0227 e. The van der Waals surface area contributed by atoms with Crippen molar-refractivity contribution in [1.29, 1.82) is 0 Å². The first-order valence-corrected chi connectivity index (χ1v) is 3.47. The highest BCUT2D eigenvalue weighted by Gasteiger charge is 1.90. The first-order chi connectivity index (χ1) is 4.79. The molecular formula is C9H14ClN. The van der Waals surface area contributed by atoms with Crippen molar-refractivity contribution < 1.29 is 0 Å². The summed E-state index contributed by atoms with van der Waals surface area (Å²) in [5.74, 6) is 0. The molecule has 0 atom stereocenters. The fourth-order valence-corrected chi connectivity index (χ4v) is 0.949. The van der Waals surface area contributed by atoms with Gasteiger partial charge in [-0.2, -0.15) is 0 Å². The third-order valence-corrected chi connectivity index (χ3v) is 1.34. The van der Waals surface area contributed by atoms with Crippen LogP contribution in [0.2, 0.25) is 0 Å². The van der Waals surface area contributed by atoms with Crippen molar-refractivity contribution in [3.05, 3.63) is 35.9 Å². The molecule has 0 unspecified atom stereocenters. The quantitative estimate of drug-likeness (QED) is 0.660. The third-order valence-electron chi connectivity index (χ3n) is 1.34. The Morgan fingerprint density at radius 2 is 1.64 bits per heavy atom. The zero-order valence-corrected chi connectivity index (χ0v) is 7.77. The van der Waals surface area contributed by atoms with Crippen LogP contribution in [0.25, 0.3) is 0 Å². The molecule has 2 heteroatoms. The van der Waals surface area contributed by atoms with E-state index in [-0.39, 0.29) is 12.4 Å². The van der Waals surface area contributed by atoms with Gasteiger partial charge in [0.15, 0.2) is 0 Å². The molecule has 0 N–H and O–H groups in total.